The summed E-state index contributed by atoms with van der Waals surface area (Å²) in [5.74, 6) is 0.193. The summed E-state index contributed by atoms with van der Waals surface area (Å²) >= 11 is 1.75. The van der Waals surface area contributed by atoms with Crippen molar-refractivity contribution >= 4 is 23.4 Å². The van der Waals surface area contributed by atoms with Crippen molar-refractivity contribution in [2.75, 3.05) is 39.2 Å². The van der Waals surface area contributed by atoms with E-state index >= 15 is 0 Å². The van der Waals surface area contributed by atoms with Crippen LogP contribution in [-0.2, 0) is 9.57 Å². The number of aliphatic hydroxyl groups is 2. The Morgan fingerprint density at radius 3 is 2.46 bits per heavy atom. The number of thioether (sulfide) groups is 1. The van der Waals surface area contributed by atoms with Crippen molar-refractivity contribution in [3.05, 3.63) is 114 Å². The number of ether oxygens (including phenoxy) is 3. The van der Waals surface area contributed by atoms with Gasteiger partial charge < -0.3 is 34.2 Å². The fourth-order valence-electron chi connectivity index (χ4n) is 8.88. The normalized spacial score (nSPS) is 23.8. The number of aliphatic hydroxyl groups excluding tert-OH is 2. The summed E-state index contributed by atoms with van der Waals surface area (Å²) in [5, 5.41) is 34.1. The second kappa shape index (κ2) is 20.1. The summed E-state index contributed by atoms with van der Waals surface area (Å²) in [6.45, 7) is 10.8. The summed E-state index contributed by atoms with van der Waals surface area (Å²) in [7, 11) is 1.78. The maximum atomic E-state index is 14.5. The average molecular weight is 822 g/mol. The van der Waals surface area contributed by atoms with E-state index in [0.29, 0.717) is 36.3 Å². The Hall–Kier alpha value is -4.60. The molecule has 11 heteroatoms. The van der Waals surface area contributed by atoms with Gasteiger partial charge >= 0.3 is 0 Å². The van der Waals surface area contributed by atoms with Crippen LogP contribution in [0.25, 0.3) is 0 Å². The van der Waals surface area contributed by atoms with Crippen molar-refractivity contribution in [3.63, 3.8) is 0 Å². The topological polar surface area (TPSA) is 134 Å². The molecule has 0 bridgehead atoms. The summed E-state index contributed by atoms with van der Waals surface area (Å²) < 4.78 is 20.7. The molecule has 0 aromatic heterocycles. The average Bonchev–Trinajstić information content (AvgIpc) is 3.24. The first kappa shape index (κ1) is 44.0. The van der Waals surface area contributed by atoms with Gasteiger partial charge in [0.05, 0.1) is 36.5 Å². The zero-order valence-corrected chi connectivity index (χ0v) is 35.7. The highest BCUT2D eigenvalue weighted by Crippen LogP contribution is 2.62. The van der Waals surface area contributed by atoms with Crippen LogP contribution in [0.2, 0.25) is 0 Å². The second-order valence-electron chi connectivity index (χ2n) is 16.6. The van der Waals surface area contributed by atoms with Crippen LogP contribution < -0.4 is 9.47 Å². The molecule has 1 amide bonds. The van der Waals surface area contributed by atoms with Crippen molar-refractivity contribution in [1.29, 1.82) is 5.26 Å². The Bertz CT molecular complexity index is 1990. The summed E-state index contributed by atoms with van der Waals surface area (Å²) in [4.78, 5) is 23.6. The molecule has 0 saturated heterocycles. The maximum Gasteiger partial charge on any atom is 0.254 e. The number of benzene rings is 3. The van der Waals surface area contributed by atoms with Gasteiger partial charge in [-0.25, -0.2) is 0 Å². The Labute approximate surface area is 353 Å². The highest BCUT2D eigenvalue weighted by atomic mass is 32.2. The minimum atomic E-state index is -1.37. The van der Waals surface area contributed by atoms with E-state index in [1.807, 2.05) is 51.1 Å². The lowest BCUT2D eigenvalue weighted by Crippen LogP contribution is -2.69. The first-order valence-corrected chi connectivity index (χ1v) is 21.9. The molecule has 2 N–H and O–H groups in total. The highest BCUT2D eigenvalue weighted by Gasteiger charge is 2.65. The number of fused-ring (bicyclic) bond motifs is 2. The van der Waals surface area contributed by atoms with E-state index < -0.39 is 23.3 Å². The number of carbonyl (C=O) groups is 1. The van der Waals surface area contributed by atoms with Gasteiger partial charge in [0.1, 0.15) is 23.1 Å². The van der Waals surface area contributed by atoms with Gasteiger partial charge in [-0.1, -0.05) is 48.3 Å². The molecule has 1 aliphatic heterocycles. The molecule has 10 nitrogen and oxygen atoms in total. The van der Waals surface area contributed by atoms with Crippen LogP contribution in [-0.4, -0.2) is 83.4 Å². The third-order valence-corrected chi connectivity index (χ3v) is 12.5. The van der Waals surface area contributed by atoms with Crippen LogP contribution in [0.15, 0.2) is 107 Å². The molecule has 314 valence electrons. The number of allylic oxidation sites excluding steroid dienone is 1. The smallest absolute Gasteiger partial charge is 0.254 e. The van der Waals surface area contributed by atoms with Crippen LogP contribution in [0.1, 0.15) is 93.1 Å². The number of hydrogen-bond acceptors (Lipinski definition) is 10. The summed E-state index contributed by atoms with van der Waals surface area (Å²) in [6, 6.07) is 24.4. The number of rotatable bonds is 19. The van der Waals surface area contributed by atoms with Crippen molar-refractivity contribution in [2.24, 2.45) is 22.9 Å². The minimum Gasteiger partial charge on any atom is -0.493 e. The van der Waals surface area contributed by atoms with Gasteiger partial charge in [-0.2, -0.15) is 5.26 Å². The Morgan fingerprint density at radius 1 is 1.05 bits per heavy atom. The highest BCUT2D eigenvalue weighted by molar-refractivity contribution is 7.99. The first-order chi connectivity index (χ1) is 28.5. The Morgan fingerprint density at radius 2 is 1.78 bits per heavy atom. The van der Waals surface area contributed by atoms with Gasteiger partial charge in [-0.3, -0.25) is 4.79 Å². The number of unbranched alkanes of at least 4 members (excludes halogenated alkanes) is 2. The zero-order valence-electron chi connectivity index (χ0n) is 34.8. The first-order valence-electron chi connectivity index (χ1n) is 20.9. The van der Waals surface area contributed by atoms with E-state index in [1.165, 1.54) is 4.90 Å². The van der Waals surface area contributed by atoms with Crippen LogP contribution in [0.4, 0.5) is 0 Å². The minimum absolute atomic E-state index is 0.0929. The Balaban J connectivity index is 1.51. The van der Waals surface area contributed by atoms with Gasteiger partial charge in [-0.05, 0) is 118 Å². The number of hydrogen-bond donors (Lipinski definition) is 2. The fraction of sp³-hybridized carbons (Fsp3) is 0.479. The molecule has 2 aliphatic carbocycles. The molecule has 59 heavy (non-hydrogen) atoms. The van der Waals surface area contributed by atoms with Crippen molar-refractivity contribution in [1.82, 2.24) is 4.90 Å². The van der Waals surface area contributed by atoms with E-state index in [4.69, 9.17) is 24.2 Å². The van der Waals surface area contributed by atoms with Gasteiger partial charge in [-0.15, -0.1) is 18.3 Å². The van der Waals surface area contributed by atoms with Gasteiger partial charge in [0, 0.05) is 54.4 Å². The maximum absolute atomic E-state index is 14.5. The number of likely N-dealkylation sites (N-methyl/N-ethyl adjacent to an activating group) is 1. The monoisotopic (exact) mass is 821 g/mol. The predicted octanol–water partition coefficient (Wildman–Crippen LogP) is 8.93. The van der Waals surface area contributed by atoms with Gasteiger partial charge in [0.25, 0.3) is 5.91 Å². The van der Waals surface area contributed by atoms with E-state index in [0.717, 1.165) is 54.0 Å². The molecular weight excluding hydrogens is 763 g/mol. The quantitative estimate of drug-likeness (QED) is 0.0526. The molecular formula is C48H59N3O7S. The second-order valence-corrected chi connectivity index (χ2v) is 17.8. The van der Waals surface area contributed by atoms with Crippen molar-refractivity contribution in [2.45, 2.75) is 94.0 Å². The van der Waals surface area contributed by atoms with Crippen molar-refractivity contribution < 1.29 is 34.1 Å². The van der Waals surface area contributed by atoms with E-state index in [2.05, 4.69) is 36.9 Å². The molecule has 3 aromatic carbocycles. The van der Waals surface area contributed by atoms with Gasteiger partial charge in [0.15, 0.2) is 0 Å². The molecule has 1 heterocycles. The number of amides is 1. The van der Waals surface area contributed by atoms with Crippen LogP contribution in [0.3, 0.4) is 0 Å². The fourth-order valence-corrected chi connectivity index (χ4v) is 9.63. The van der Waals surface area contributed by atoms with Crippen LogP contribution in [0, 0.1) is 29.1 Å². The molecule has 0 spiro atoms. The van der Waals surface area contributed by atoms with Gasteiger partial charge in [0.2, 0.25) is 5.79 Å². The summed E-state index contributed by atoms with van der Waals surface area (Å²) in [6.07, 6.45) is 9.06. The number of oxime groups is 1. The largest absolute Gasteiger partial charge is 0.493 e. The third kappa shape index (κ3) is 10.2. The van der Waals surface area contributed by atoms with E-state index in [1.54, 1.807) is 54.1 Å². The number of carbonyl (C=O) groups excluding carboxylic acids is 1. The molecule has 3 aromatic rings. The molecule has 6 unspecified atom stereocenters. The van der Waals surface area contributed by atoms with Crippen LogP contribution in [0.5, 0.6) is 11.5 Å². The Kier molecular flexibility index (Phi) is 15.0. The number of nitrogens with zero attached hydrogens (tertiary/aromatic N) is 3. The third-order valence-electron chi connectivity index (χ3n) is 11.5. The van der Waals surface area contributed by atoms with E-state index in [-0.39, 0.29) is 49.9 Å². The summed E-state index contributed by atoms with van der Waals surface area (Å²) in [5.41, 5.74) is 3.03. The standard InChI is InChI=1S/C48H59N3O7S/c1-6-26-56-48-43(51(5)46(54)34-20-18-33(32-49)19-21-34)31-41(50-58-47(2,3)4)39-29-35(14-10-12-24-52)38(17-11-13-25-53)44(45(39)48)40-30-36(22-23-42(40)57-48)55-27-28-59-37-15-8-7-9-16-37/h6-9,15-16,18-23,29-30,35,38,43-45,52-53H,1,10-14,17,24-28,31H2,2-5H3. The molecule has 6 atom stereocenters. The number of nitriles is 1. The molecule has 1 fully saturated rings. The zero-order chi connectivity index (χ0) is 42.0. The lowest BCUT2D eigenvalue weighted by atomic mass is 9.55. The van der Waals surface area contributed by atoms with E-state index in [9.17, 15) is 20.3 Å². The lowest BCUT2D eigenvalue weighted by molar-refractivity contribution is -0.252. The molecule has 6 rings (SSSR count). The lowest BCUT2D eigenvalue weighted by Gasteiger charge is -2.59. The molecule has 0 radical (unpaired) electrons. The van der Waals surface area contributed by atoms with Crippen molar-refractivity contribution in [3.8, 4) is 17.6 Å². The predicted molar refractivity (Wildman–Crippen MR) is 232 cm³/mol. The molecule has 3 aliphatic rings. The van der Waals surface area contributed by atoms with Crippen LogP contribution >= 0.6 is 11.8 Å². The molecule has 1 saturated carbocycles. The SMILES string of the molecule is C=CCOC12Oc3ccc(OCCSc4ccccc4)cc3C3C(CCCCO)C(CCCCO)C=C(C(=NOC(C)(C)C)CC1N(C)C(=O)c1ccc(C#N)cc1)C32.